The summed E-state index contributed by atoms with van der Waals surface area (Å²) < 4.78 is 124. The topological polar surface area (TPSA) is 330 Å². The second kappa shape index (κ2) is 16.1. The van der Waals surface area contributed by atoms with E-state index in [0.717, 1.165) is 0 Å². The van der Waals surface area contributed by atoms with E-state index in [1.54, 1.807) is 60.7 Å². The maximum absolute atomic E-state index is 12.9. The zero-order valence-corrected chi connectivity index (χ0v) is 42.5. The number of rotatable bonds is 6. The standard InChI is InChI=1S/C48H24N8O12S4.Ga.H2O/c57-67-68-69-37-9-1-5-21-13-29-33(17-25(21)37)45-49-41(29)51-46-35-19-27-23(7-3-11-39(27)71(61,62)63)15-31(35)43(53-46)55-48-36-20-28-24(8-4-12-40(28)72(64,65)66)16-32(36)44(56-48)54-47-34-18-26-22(14-30(34)42(50-45)52-47)6-2-10-38(26)70(58,59)60;;/h1-20H,(H4-2,49,50,51,52,53,54,55,56,57,58,59,60,61,62,63,64,65,66);;1H2/q-2;+2;/p-3. The zero-order valence-electron chi connectivity index (χ0n) is 36.8. The van der Waals surface area contributed by atoms with E-state index in [4.69, 9.17) is 29.3 Å². The van der Waals surface area contributed by atoms with Crippen LogP contribution in [0.3, 0.4) is 0 Å². The van der Waals surface area contributed by atoms with Gasteiger partial charge in [-0.3, -0.25) is 0 Å². The van der Waals surface area contributed by atoms with Crippen LogP contribution in [0.4, 0.5) is 11.6 Å². The van der Waals surface area contributed by atoms with E-state index in [0.29, 0.717) is 99.0 Å². The van der Waals surface area contributed by atoms with Crippen LogP contribution in [-0.4, -0.2) is 92.2 Å². The molecule has 1 radical (unpaired) electrons. The Bertz CT molecular complexity index is 4980. The van der Waals surface area contributed by atoms with Gasteiger partial charge < -0.3 is 5.48 Å². The van der Waals surface area contributed by atoms with Crippen LogP contribution in [0, 0.1) is 0 Å². The van der Waals surface area contributed by atoms with Crippen molar-refractivity contribution in [2.45, 2.75) is 19.6 Å². The van der Waals surface area contributed by atoms with E-state index in [-0.39, 0.29) is 56.3 Å². The van der Waals surface area contributed by atoms with E-state index in [1.165, 1.54) is 42.5 Å². The average molecular weight is 1120 g/mol. The van der Waals surface area contributed by atoms with Crippen molar-refractivity contribution in [1.29, 1.82) is 0 Å². The zero-order chi connectivity index (χ0) is 50.0. The molecule has 0 spiro atoms. The fourth-order valence-electron chi connectivity index (χ4n) is 10.2. The van der Waals surface area contributed by atoms with Crippen molar-refractivity contribution in [3.63, 3.8) is 0 Å². The Morgan fingerprint density at radius 1 is 0.486 bits per heavy atom. The third-order valence-electron chi connectivity index (χ3n) is 13.3. The number of nitrogens with one attached hydrogen (secondary N) is 1. The van der Waals surface area contributed by atoms with Crippen LogP contribution in [0.25, 0.3) is 64.6 Å². The molecule has 0 unspecified atom stereocenters. The summed E-state index contributed by atoms with van der Waals surface area (Å²) in [5.74, 6) is 1.27. The van der Waals surface area contributed by atoms with Crippen molar-refractivity contribution in [2.24, 2.45) is 25.0 Å². The number of aromatic nitrogens is 2. The Kier molecular flexibility index (Phi) is 10.1. The first-order chi connectivity index (χ1) is 35.0. The summed E-state index contributed by atoms with van der Waals surface area (Å²) in [6.07, 6.45) is 0. The molecule has 4 aliphatic heterocycles. The molecule has 26 heteroatoms. The van der Waals surface area contributed by atoms with Gasteiger partial charge in [0.1, 0.15) is 0 Å². The molecule has 6 bridgehead atoms. The van der Waals surface area contributed by atoms with Crippen LogP contribution in [0.2, 0.25) is 0 Å². The van der Waals surface area contributed by atoms with Gasteiger partial charge in [0.15, 0.2) is 0 Å². The number of fused-ring (bicyclic) bond motifs is 18. The molecule has 0 fully saturated rings. The molecule has 3 N–H and O–H groups in total. The third kappa shape index (κ3) is 6.93. The van der Waals surface area contributed by atoms with Crippen LogP contribution >= 0.6 is 12.0 Å². The summed E-state index contributed by atoms with van der Waals surface area (Å²) in [6.45, 7) is 0. The Labute approximate surface area is 426 Å². The molecule has 363 valence electrons. The molecule has 2 aromatic heterocycles. The van der Waals surface area contributed by atoms with Gasteiger partial charge in [-0.15, -0.1) is 0 Å². The van der Waals surface area contributed by atoms with Gasteiger partial charge in [-0.05, 0) is 0 Å². The second-order valence-electron chi connectivity index (χ2n) is 17.3. The predicted octanol–water partition coefficient (Wildman–Crippen LogP) is 2.28. The predicted molar refractivity (Wildman–Crippen MR) is 265 cm³/mol. The van der Waals surface area contributed by atoms with Crippen LogP contribution in [0.15, 0.2) is 166 Å². The van der Waals surface area contributed by atoms with Gasteiger partial charge in [0, 0.05) is 0 Å². The van der Waals surface area contributed by atoms with Crippen LogP contribution in [-0.2, 0) is 39.7 Å². The second-order valence-corrected chi connectivity index (χ2v) is 24.7. The summed E-state index contributed by atoms with van der Waals surface area (Å²) in [4.78, 5) is 28.7. The molecule has 0 amide bonds. The van der Waals surface area contributed by atoms with E-state index in [1.807, 2.05) is 24.7 Å². The monoisotopic (exact) mass is 1120 g/mol. The molecule has 0 atom stereocenters. The third-order valence-corrected chi connectivity index (χ3v) is 19.7. The first-order valence-corrected chi connectivity index (χ1v) is 28.7. The fourth-order valence-corrected chi connectivity index (χ4v) is 15.9. The summed E-state index contributed by atoms with van der Waals surface area (Å²) in [7, 11) is -15.0. The summed E-state index contributed by atoms with van der Waals surface area (Å²) in [5, 5.41) is 19.3. The number of aliphatic imine (C=N–C) groups is 4. The Hall–Kier alpha value is -7.28. The molecule has 6 heterocycles. The molecule has 0 aliphatic carbocycles. The van der Waals surface area contributed by atoms with Crippen molar-refractivity contribution in [1.82, 2.24) is 6.55 Å². The molecule has 0 saturated carbocycles. The molecule has 10 aromatic rings. The van der Waals surface area contributed by atoms with Gasteiger partial charge in [0.05, 0.1) is 0 Å². The minimum atomic E-state index is -5.02. The van der Waals surface area contributed by atoms with Gasteiger partial charge in [0.25, 0.3) is 0 Å². The molecule has 14 rings (SSSR count). The van der Waals surface area contributed by atoms with Gasteiger partial charge in [-0.1, -0.05) is 0 Å². The van der Waals surface area contributed by atoms with Crippen molar-refractivity contribution in [3.8, 4) is 0 Å². The first kappa shape index (κ1) is 46.5. The molecule has 0 saturated heterocycles. The van der Waals surface area contributed by atoms with Gasteiger partial charge >= 0.3 is 424 Å². The van der Waals surface area contributed by atoms with E-state index >= 15 is 0 Å². The minimum absolute atomic E-state index is 0. The Balaban J connectivity index is 0.00000528. The number of benzene rings is 8. The molecule has 8 aromatic carbocycles. The fraction of sp³-hybridized carbons (Fsp3) is 0. The van der Waals surface area contributed by atoms with Crippen molar-refractivity contribution < 1.29 is 64.0 Å². The van der Waals surface area contributed by atoms with Crippen molar-refractivity contribution >= 4 is 160 Å². The van der Waals surface area contributed by atoms with Crippen LogP contribution in [0.5, 0.6) is 0 Å². The first-order valence-electron chi connectivity index (χ1n) is 21.6. The quantitative estimate of drug-likeness (QED) is 0.0822. The molecular weight excluding hydrogens is 1090 g/mol. The summed E-state index contributed by atoms with van der Waals surface area (Å²) in [6, 6.07) is 31.9. The molecule has 21 nitrogen and oxygen atoms in total. The van der Waals surface area contributed by atoms with Crippen molar-refractivity contribution in [2.75, 3.05) is 0 Å². The SMILES string of the molecule is O.O=S(=O)([O-])c1cccc2cc3c(cc12)C1=Nc2c4cc5cccc(S(=O)(=O)[O-])c5cc4c4[n]2[Ga][n]2c(c5cc6c(S(=O)(=O)[O-])cccc6cc5c2=[NH+]C2=NC(=N4)c4cc5cccc(SOO[O-])c5cc42)=NC3=N1. The molecular formula is C48H23GaN8O13S4-3. The van der Waals surface area contributed by atoms with Gasteiger partial charge in [-0.25, -0.2) is 0 Å². The Morgan fingerprint density at radius 2 is 0.959 bits per heavy atom. The van der Waals surface area contributed by atoms with Crippen LogP contribution in [0.1, 0.15) is 22.3 Å². The summed E-state index contributed by atoms with van der Waals surface area (Å²) in [5.41, 5.74) is 2.54. The molecule has 74 heavy (non-hydrogen) atoms. The normalized spacial score (nSPS) is 14.7. The van der Waals surface area contributed by atoms with E-state index in [2.05, 4.69) is 10.0 Å². The molecule has 4 aliphatic rings. The number of hydrogen-bond acceptors (Lipinski definition) is 18. The average Bonchev–Trinajstić information content (AvgIpc) is 4.03. The number of hydrogen-bond donors (Lipinski definition) is 1. The Morgan fingerprint density at radius 3 is 1.57 bits per heavy atom. The summed E-state index contributed by atoms with van der Waals surface area (Å²) >= 11 is -1.70. The van der Waals surface area contributed by atoms with Crippen LogP contribution < -0.4 is 21.2 Å². The van der Waals surface area contributed by atoms with E-state index in [9.17, 15) is 44.2 Å². The van der Waals surface area contributed by atoms with Gasteiger partial charge in [0.2, 0.25) is 0 Å². The number of nitrogens with zero attached hydrogens (tertiary/aromatic N) is 7. The van der Waals surface area contributed by atoms with E-state index < -0.39 is 62.9 Å². The van der Waals surface area contributed by atoms with Crippen molar-refractivity contribution in [3.05, 3.63) is 155 Å². The van der Waals surface area contributed by atoms with Gasteiger partial charge in [-0.2, -0.15) is 0 Å². The number of amidine groups is 4. The maximum atomic E-state index is 12.9.